The van der Waals surface area contributed by atoms with Gasteiger partial charge in [0.15, 0.2) is 5.82 Å². The number of carbonyl (C=O) groups is 1. The zero-order valence-corrected chi connectivity index (χ0v) is 21.4. The number of amides is 1. The van der Waals surface area contributed by atoms with Crippen LogP contribution in [0.15, 0.2) is 76.4 Å². The van der Waals surface area contributed by atoms with Gasteiger partial charge in [0.1, 0.15) is 0 Å². The molecule has 2 aromatic carbocycles. The fraction of sp³-hybridized carbons (Fsp3) is 0.310. The molecule has 198 valence electrons. The molecule has 10 heteroatoms. The molecule has 4 heterocycles. The standard InChI is InChI=1S/C29H29N7O3/c37-28-26(33-25(20-6-2-1-3-7-20)21-8-4-5-9-23(21)31-28)32-24-16-30-29(39-24)22-18-36(17-19-10-11-19)34-27(22)35-12-14-38-15-13-35/h1-9,16,18-19,26,32H,10-15,17H2,(H,31,37)/t26-/m1/s1. The summed E-state index contributed by atoms with van der Waals surface area (Å²) in [5.41, 5.74) is 4.04. The minimum Gasteiger partial charge on any atom is -0.420 e. The molecule has 1 saturated carbocycles. The number of oxazole rings is 1. The first-order valence-corrected chi connectivity index (χ1v) is 13.4. The smallest absolute Gasteiger partial charge is 0.269 e. The van der Waals surface area contributed by atoms with Crippen molar-refractivity contribution in [2.75, 3.05) is 41.8 Å². The van der Waals surface area contributed by atoms with Crippen LogP contribution in [0.3, 0.4) is 0 Å². The molecule has 0 spiro atoms. The second-order valence-corrected chi connectivity index (χ2v) is 10.1. The third-order valence-electron chi connectivity index (χ3n) is 7.20. The average Bonchev–Trinajstić information content (AvgIpc) is 3.53. The Morgan fingerprint density at radius 2 is 1.79 bits per heavy atom. The van der Waals surface area contributed by atoms with Crippen LogP contribution in [-0.2, 0) is 16.1 Å². The number of morpholine rings is 1. The van der Waals surface area contributed by atoms with E-state index in [1.807, 2.05) is 65.5 Å². The summed E-state index contributed by atoms with van der Waals surface area (Å²) in [5, 5.41) is 11.0. The van der Waals surface area contributed by atoms with Gasteiger partial charge in [0.2, 0.25) is 17.9 Å². The summed E-state index contributed by atoms with van der Waals surface area (Å²) in [6.07, 6.45) is 5.19. The molecule has 2 N–H and O–H groups in total. The van der Waals surface area contributed by atoms with Crippen LogP contribution < -0.4 is 15.5 Å². The maximum absolute atomic E-state index is 13.2. The molecule has 2 fully saturated rings. The van der Waals surface area contributed by atoms with Crippen LogP contribution in [0.4, 0.5) is 17.4 Å². The SMILES string of the molecule is O=C1Nc2ccccc2C(c2ccccc2)=N[C@H]1Nc1cnc(-c2cn(CC3CC3)nc2N2CCOCC2)o1. The topological polar surface area (TPSA) is 110 Å². The Hall–Kier alpha value is -4.44. The van der Waals surface area contributed by atoms with Crippen molar-refractivity contribution in [3.63, 3.8) is 0 Å². The van der Waals surface area contributed by atoms with Crippen LogP contribution in [0.5, 0.6) is 0 Å². The van der Waals surface area contributed by atoms with E-state index >= 15 is 0 Å². The summed E-state index contributed by atoms with van der Waals surface area (Å²) < 4.78 is 13.7. The molecule has 4 aromatic rings. The molecule has 1 amide bonds. The molecule has 1 aliphatic carbocycles. The molecule has 1 atom stereocenters. The van der Waals surface area contributed by atoms with E-state index in [0.29, 0.717) is 36.6 Å². The number of nitrogens with zero attached hydrogens (tertiary/aromatic N) is 5. The fourth-order valence-corrected chi connectivity index (χ4v) is 5.01. The largest absolute Gasteiger partial charge is 0.420 e. The number of carbonyl (C=O) groups excluding carboxylic acids is 1. The Morgan fingerprint density at radius 3 is 2.62 bits per heavy atom. The summed E-state index contributed by atoms with van der Waals surface area (Å²) >= 11 is 0. The fourth-order valence-electron chi connectivity index (χ4n) is 5.01. The molecule has 2 aliphatic heterocycles. The number of nitrogens with one attached hydrogen (secondary N) is 2. The quantitative estimate of drug-likeness (QED) is 0.377. The van der Waals surface area contributed by atoms with Crippen LogP contribution >= 0.6 is 0 Å². The minimum atomic E-state index is -0.912. The first kappa shape index (κ1) is 23.7. The van der Waals surface area contributed by atoms with Crippen molar-refractivity contribution in [2.24, 2.45) is 10.9 Å². The van der Waals surface area contributed by atoms with Crippen molar-refractivity contribution < 1.29 is 13.9 Å². The number of benzodiazepines with no additional fused rings is 1. The Morgan fingerprint density at radius 1 is 1.00 bits per heavy atom. The van der Waals surface area contributed by atoms with Gasteiger partial charge in [-0.05, 0) is 24.8 Å². The van der Waals surface area contributed by atoms with Gasteiger partial charge in [0, 0.05) is 37.0 Å². The maximum atomic E-state index is 13.2. The van der Waals surface area contributed by atoms with Gasteiger partial charge in [0.25, 0.3) is 5.91 Å². The molecule has 0 radical (unpaired) electrons. The number of fused-ring (bicyclic) bond motifs is 1. The highest BCUT2D eigenvalue weighted by Crippen LogP contribution is 2.35. The number of para-hydroxylation sites is 1. The summed E-state index contributed by atoms with van der Waals surface area (Å²) in [4.78, 5) is 24.9. The Balaban J connectivity index is 1.20. The zero-order chi connectivity index (χ0) is 26.2. The molecular formula is C29H29N7O3. The third kappa shape index (κ3) is 4.90. The Kier molecular flexibility index (Phi) is 6.08. The van der Waals surface area contributed by atoms with Gasteiger partial charge < -0.3 is 24.7 Å². The van der Waals surface area contributed by atoms with Gasteiger partial charge in [-0.25, -0.2) is 9.98 Å². The van der Waals surface area contributed by atoms with E-state index in [1.165, 1.54) is 12.8 Å². The van der Waals surface area contributed by atoms with Crippen molar-refractivity contribution in [1.29, 1.82) is 0 Å². The van der Waals surface area contributed by atoms with E-state index in [9.17, 15) is 4.79 Å². The lowest BCUT2D eigenvalue weighted by molar-refractivity contribution is -0.116. The van der Waals surface area contributed by atoms with Crippen molar-refractivity contribution in [2.45, 2.75) is 25.6 Å². The van der Waals surface area contributed by atoms with E-state index < -0.39 is 6.17 Å². The number of hydrogen-bond acceptors (Lipinski definition) is 8. The van der Waals surface area contributed by atoms with Crippen molar-refractivity contribution in [1.82, 2.24) is 14.8 Å². The number of anilines is 3. The molecule has 0 bridgehead atoms. The molecule has 1 saturated heterocycles. The van der Waals surface area contributed by atoms with Gasteiger partial charge in [-0.1, -0.05) is 48.5 Å². The summed E-state index contributed by atoms with van der Waals surface area (Å²) in [7, 11) is 0. The van der Waals surface area contributed by atoms with Crippen molar-refractivity contribution in [3.05, 3.63) is 78.1 Å². The predicted octanol–water partition coefficient (Wildman–Crippen LogP) is 4.01. The molecule has 3 aliphatic rings. The van der Waals surface area contributed by atoms with Crippen LogP contribution in [0, 0.1) is 5.92 Å². The second-order valence-electron chi connectivity index (χ2n) is 10.1. The lowest BCUT2D eigenvalue weighted by atomic mass is 10.0. The van der Waals surface area contributed by atoms with Gasteiger partial charge in [-0.2, -0.15) is 5.10 Å². The second kappa shape index (κ2) is 10.0. The van der Waals surface area contributed by atoms with Gasteiger partial charge in [0.05, 0.1) is 36.4 Å². The molecule has 10 nitrogen and oxygen atoms in total. The maximum Gasteiger partial charge on any atom is 0.269 e. The van der Waals surface area contributed by atoms with Crippen LogP contribution in [-0.4, -0.2) is 58.9 Å². The highest BCUT2D eigenvalue weighted by molar-refractivity contribution is 6.19. The Labute approximate surface area is 225 Å². The first-order valence-electron chi connectivity index (χ1n) is 13.4. The first-order chi connectivity index (χ1) is 19.2. The number of rotatable bonds is 7. The van der Waals surface area contributed by atoms with Crippen molar-refractivity contribution in [3.8, 4) is 11.5 Å². The Bertz CT molecular complexity index is 1520. The van der Waals surface area contributed by atoms with Crippen LogP contribution in [0.2, 0.25) is 0 Å². The van der Waals surface area contributed by atoms with Gasteiger partial charge >= 0.3 is 0 Å². The number of ether oxygens (including phenoxy) is 1. The summed E-state index contributed by atoms with van der Waals surface area (Å²) in [5.74, 6) is 2.06. The lowest BCUT2D eigenvalue weighted by Crippen LogP contribution is -2.36. The van der Waals surface area contributed by atoms with Gasteiger partial charge in [-0.3, -0.25) is 9.48 Å². The monoisotopic (exact) mass is 523 g/mol. The van der Waals surface area contributed by atoms with Crippen LogP contribution in [0.1, 0.15) is 24.0 Å². The van der Waals surface area contributed by atoms with Crippen molar-refractivity contribution >= 4 is 29.0 Å². The summed E-state index contributed by atoms with van der Waals surface area (Å²) in [6, 6.07) is 17.5. The predicted molar refractivity (Wildman–Crippen MR) is 148 cm³/mol. The number of hydrogen-bond donors (Lipinski definition) is 2. The highest BCUT2D eigenvalue weighted by atomic mass is 16.5. The molecular weight excluding hydrogens is 494 g/mol. The van der Waals surface area contributed by atoms with E-state index in [4.69, 9.17) is 19.2 Å². The van der Waals surface area contributed by atoms with E-state index in [-0.39, 0.29) is 5.91 Å². The third-order valence-corrected chi connectivity index (χ3v) is 7.20. The molecule has 39 heavy (non-hydrogen) atoms. The minimum absolute atomic E-state index is 0.280. The average molecular weight is 524 g/mol. The lowest BCUT2D eigenvalue weighted by Gasteiger charge is -2.27. The van der Waals surface area contributed by atoms with E-state index in [1.54, 1.807) is 6.20 Å². The number of aliphatic imine (C=N–C) groups is 1. The number of benzene rings is 2. The van der Waals surface area contributed by atoms with Gasteiger partial charge in [-0.15, -0.1) is 0 Å². The zero-order valence-electron chi connectivity index (χ0n) is 21.4. The molecule has 2 aromatic heterocycles. The normalized spacial score (nSPS) is 19.2. The van der Waals surface area contributed by atoms with E-state index in [2.05, 4.69) is 20.5 Å². The number of aromatic nitrogens is 3. The molecule has 0 unspecified atom stereocenters. The molecule has 7 rings (SSSR count). The summed E-state index contributed by atoms with van der Waals surface area (Å²) in [6.45, 7) is 3.74. The van der Waals surface area contributed by atoms with E-state index in [0.717, 1.165) is 47.9 Å². The highest BCUT2D eigenvalue weighted by Gasteiger charge is 2.29. The van der Waals surface area contributed by atoms with Crippen LogP contribution in [0.25, 0.3) is 11.5 Å².